The zero-order valence-electron chi connectivity index (χ0n) is 19.2. The molecule has 7 heteroatoms. The van der Waals surface area contributed by atoms with Crippen molar-refractivity contribution in [1.82, 2.24) is 9.80 Å². The van der Waals surface area contributed by atoms with Gasteiger partial charge in [-0.1, -0.05) is 18.1 Å². The van der Waals surface area contributed by atoms with Crippen molar-refractivity contribution < 1.29 is 24.2 Å². The summed E-state index contributed by atoms with van der Waals surface area (Å²) in [6.07, 6.45) is 6.94. The average molecular weight is 461 g/mol. The van der Waals surface area contributed by atoms with Crippen molar-refractivity contribution in [3.05, 3.63) is 60.1 Å². The van der Waals surface area contributed by atoms with Gasteiger partial charge in [0.1, 0.15) is 12.4 Å². The molecule has 1 aromatic carbocycles. The molecule has 2 aliphatic carbocycles. The lowest BCUT2D eigenvalue weighted by molar-refractivity contribution is -0.197. The van der Waals surface area contributed by atoms with Gasteiger partial charge in [0, 0.05) is 31.1 Å². The zero-order valence-corrected chi connectivity index (χ0v) is 19.2. The fourth-order valence-corrected chi connectivity index (χ4v) is 7.09. The Morgan fingerprint density at radius 3 is 3.00 bits per heavy atom. The van der Waals surface area contributed by atoms with Crippen molar-refractivity contribution in [1.29, 1.82) is 0 Å². The number of amides is 1. The maximum absolute atomic E-state index is 13.1. The largest absolute Gasteiger partial charge is 0.504 e. The molecule has 4 aliphatic rings. The number of phenolic OH excluding ortho intramolecular Hbond substituents is 1. The first-order valence-electron chi connectivity index (χ1n) is 11.8. The number of hydrogen-bond donors (Lipinski definition) is 2. The SMILES string of the molecule is C=CCN1CC[C@]23c4c5ccc(O)c4O[C@H]2[C@@H](N(C)C(=O)C#Cc2ccoc2)CC[C@@]3(O)[C@H]1C5. The molecular formula is C27H28N2O5. The number of nitrogens with zero attached hydrogens (tertiary/aromatic N) is 2. The van der Waals surface area contributed by atoms with E-state index in [1.165, 1.54) is 12.5 Å². The van der Waals surface area contributed by atoms with Gasteiger partial charge in [-0.25, -0.2) is 0 Å². The maximum Gasteiger partial charge on any atom is 0.298 e. The minimum absolute atomic E-state index is 0.0730. The molecule has 2 aromatic rings. The highest BCUT2D eigenvalue weighted by Crippen LogP contribution is 2.65. The Morgan fingerprint density at radius 1 is 1.38 bits per heavy atom. The van der Waals surface area contributed by atoms with Gasteiger partial charge in [-0.15, -0.1) is 6.58 Å². The van der Waals surface area contributed by atoms with Crippen LogP contribution in [0.1, 0.15) is 36.0 Å². The van der Waals surface area contributed by atoms with E-state index < -0.39 is 17.1 Å². The number of carbonyl (C=O) groups excluding carboxylic acids is 1. The maximum atomic E-state index is 13.1. The van der Waals surface area contributed by atoms with Crippen molar-refractivity contribution in [2.24, 2.45) is 0 Å². The molecule has 2 aliphatic heterocycles. The molecule has 5 atom stereocenters. The molecule has 0 unspecified atom stereocenters. The van der Waals surface area contributed by atoms with E-state index in [0.29, 0.717) is 43.5 Å². The van der Waals surface area contributed by atoms with Crippen LogP contribution in [0.5, 0.6) is 11.5 Å². The third kappa shape index (κ3) is 2.64. The Bertz CT molecular complexity index is 1230. The number of phenols is 1. The number of furan rings is 1. The van der Waals surface area contributed by atoms with Crippen LogP contribution in [0.4, 0.5) is 0 Å². The number of hydrogen-bond acceptors (Lipinski definition) is 6. The van der Waals surface area contributed by atoms with Crippen molar-refractivity contribution in [3.8, 4) is 23.3 Å². The third-order valence-corrected chi connectivity index (χ3v) is 8.56. The van der Waals surface area contributed by atoms with E-state index in [1.807, 2.05) is 12.1 Å². The van der Waals surface area contributed by atoms with Crippen molar-refractivity contribution in [2.45, 2.75) is 54.9 Å². The van der Waals surface area contributed by atoms with Crippen LogP contribution < -0.4 is 4.74 Å². The lowest BCUT2D eigenvalue weighted by atomic mass is 9.48. The summed E-state index contributed by atoms with van der Waals surface area (Å²) in [4.78, 5) is 17.0. The van der Waals surface area contributed by atoms with Crippen LogP contribution in [0.15, 0.2) is 47.8 Å². The van der Waals surface area contributed by atoms with Gasteiger partial charge in [0.05, 0.1) is 28.9 Å². The monoisotopic (exact) mass is 460 g/mol. The van der Waals surface area contributed by atoms with Crippen molar-refractivity contribution in [3.63, 3.8) is 0 Å². The van der Waals surface area contributed by atoms with E-state index in [9.17, 15) is 15.0 Å². The lowest BCUT2D eigenvalue weighted by Crippen LogP contribution is -2.78. The smallest absolute Gasteiger partial charge is 0.298 e. The second-order valence-corrected chi connectivity index (χ2v) is 9.92. The minimum atomic E-state index is -1.02. The Balaban J connectivity index is 1.42. The van der Waals surface area contributed by atoms with E-state index >= 15 is 0 Å². The molecule has 176 valence electrons. The van der Waals surface area contributed by atoms with Crippen molar-refractivity contribution >= 4 is 5.91 Å². The molecule has 1 amide bonds. The topological polar surface area (TPSA) is 86.4 Å². The van der Waals surface area contributed by atoms with Gasteiger partial charge in [-0.05, 0) is 49.9 Å². The van der Waals surface area contributed by atoms with Gasteiger partial charge in [-0.2, -0.15) is 0 Å². The van der Waals surface area contributed by atoms with E-state index in [-0.39, 0.29) is 23.7 Å². The number of benzene rings is 1. The summed E-state index contributed by atoms with van der Waals surface area (Å²) in [6.45, 7) is 5.41. The molecule has 1 aromatic heterocycles. The first-order chi connectivity index (χ1) is 16.4. The number of rotatable bonds is 3. The summed E-state index contributed by atoms with van der Waals surface area (Å²) >= 11 is 0. The fraction of sp³-hybridized carbons (Fsp3) is 0.444. The molecule has 6 rings (SSSR count). The molecule has 7 nitrogen and oxygen atoms in total. The van der Waals surface area contributed by atoms with Crippen molar-refractivity contribution in [2.75, 3.05) is 20.1 Å². The molecule has 0 radical (unpaired) electrons. The summed E-state index contributed by atoms with van der Waals surface area (Å²) in [5, 5.41) is 23.1. The van der Waals surface area contributed by atoms with Gasteiger partial charge in [-0.3, -0.25) is 9.69 Å². The Kier molecular flexibility index (Phi) is 4.64. The number of piperidine rings is 1. The van der Waals surface area contributed by atoms with Crippen LogP contribution in [-0.2, 0) is 16.6 Å². The predicted molar refractivity (Wildman–Crippen MR) is 124 cm³/mol. The third-order valence-electron chi connectivity index (χ3n) is 8.56. The van der Waals surface area contributed by atoms with Crippen LogP contribution >= 0.6 is 0 Å². The first kappa shape index (κ1) is 21.3. The summed E-state index contributed by atoms with van der Waals surface area (Å²) < 4.78 is 11.5. The number of ether oxygens (including phenoxy) is 1. The average Bonchev–Trinajstić information content (AvgIpc) is 3.46. The highest BCUT2D eigenvalue weighted by molar-refractivity contribution is 5.94. The molecular weight excluding hydrogens is 432 g/mol. The van der Waals surface area contributed by atoms with E-state index in [2.05, 4.69) is 23.3 Å². The molecule has 34 heavy (non-hydrogen) atoms. The number of likely N-dealkylation sites (tertiary alicyclic amines) is 1. The van der Waals surface area contributed by atoms with Crippen LogP contribution in [0, 0.1) is 11.8 Å². The summed E-state index contributed by atoms with van der Waals surface area (Å²) in [5.74, 6) is 5.80. The van der Waals surface area contributed by atoms with E-state index in [0.717, 1.165) is 17.7 Å². The molecule has 1 spiro atoms. The molecule has 2 bridgehead atoms. The predicted octanol–water partition coefficient (Wildman–Crippen LogP) is 2.20. The standard InChI is InChI=1S/C27H28N2O5/c1-3-12-29-13-11-26-23-18-5-6-20(30)24(23)34-25(26)19(8-10-27(26,32)21(29)15-18)28(2)22(31)7-4-17-9-14-33-16-17/h3,5-6,9,14,16,19,21,25,30,32H,1,8,10-13,15H2,2H3/t19-,21+,25-,26-,27+/m0/s1. The molecule has 1 saturated carbocycles. The normalized spacial score (nSPS) is 32.7. The Hall–Kier alpha value is -3.21. The summed E-state index contributed by atoms with van der Waals surface area (Å²) in [5.41, 5.74) is 0.972. The fourth-order valence-electron chi connectivity index (χ4n) is 7.09. The Morgan fingerprint density at radius 2 is 2.24 bits per heavy atom. The van der Waals surface area contributed by atoms with Crippen LogP contribution in [-0.4, -0.2) is 69.8 Å². The Labute approximate surface area is 198 Å². The highest BCUT2D eigenvalue weighted by atomic mass is 16.5. The van der Waals surface area contributed by atoms with Crippen LogP contribution in [0.3, 0.4) is 0 Å². The van der Waals surface area contributed by atoms with Gasteiger partial charge in [0.2, 0.25) is 0 Å². The number of likely N-dealkylation sites (N-methyl/N-ethyl adjacent to an activating group) is 1. The molecule has 1 saturated heterocycles. The van der Waals surface area contributed by atoms with Gasteiger partial charge < -0.3 is 24.3 Å². The van der Waals surface area contributed by atoms with Gasteiger partial charge in [0.25, 0.3) is 5.91 Å². The van der Waals surface area contributed by atoms with Gasteiger partial charge in [0.15, 0.2) is 11.5 Å². The second-order valence-electron chi connectivity index (χ2n) is 9.92. The van der Waals surface area contributed by atoms with Crippen LogP contribution in [0.2, 0.25) is 0 Å². The summed E-state index contributed by atoms with van der Waals surface area (Å²) in [6, 6.07) is 4.99. The zero-order chi connectivity index (χ0) is 23.7. The summed E-state index contributed by atoms with van der Waals surface area (Å²) in [7, 11) is 1.75. The highest BCUT2D eigenvalue weighted by Gasteiger charge is 2.73. The number of aromatic hydroxyl groups is 1. The van der Waals surface area contributed by atoms with Crippen LogP contribution in [0.25, 0.3) is 0 Å². The lowest BCUT2D eigenvalue weighted by Gasteiger charge is -2.64. The van der Waals surface area contributed by atoms with E-state index in [4.69, 9.17) is 9.15 Å². The van der Waals surface area contributed by atoms with E-state index in [1.54, 1.807) is 24.1 Å². The number of carbonyl (C=O) groups is 1. The molecule has 2 N–H and O–H groups in total. The number of aliphatic hydroxyl groups is 1. The molecule has 3 heterocycles. The second kappa shape index (κ2) is 7.39. The molecule has 2 fully saturated rings. The first-order valence-corrected chi connectivity index (χ1v) is 11.8. The quantitative estimate of drug-likeness (QED) is 0.540. The van der Waals surface area contributed by atoms with Gasteiger partial charge >= 0.3 is 0 Å². The minimum Gasteiger partial charge on any atom is -0.504 e.